The lowest BCUT2D eigenvalue weighted by Crippen LogP contribution is -2.14. The van der Waals surface area contributed by atoms with E-state index < -0.39 is 0 Å². The van der Waals surface area contributed by atoms with Crippen molar-refractivity contribution in [1.82, 2.24) is 4.98 Å². The van der Waals surface area contributed by atoms with Gasteiger partial charge in [0, 0.05) is 22.0 Å². The zero-order valence-corrected chi connectivity index (χ0v) is 15.9. The monoisotopic (exact) mass is 386 g/mol. The molecule has 5 nitrogen and oxygen atoms in total. The van der Waals surface area contributed by atoms with Crippen molar-refractivity contribution in [3.8, 4) is 10.6 Å². The van der Waals surface area contributed by atoms with Crippen LogP contribution in [0.2, 0.25) is 0 Å². The minimum atomic E-state index is -0.354. The van der Waals surface area contributed by atoms with Gasteiger partial charge in [-0.2, -0.15) is 11.3 Å². The van der Waals surface area contributed by atoms with Gasteiger partial charge in [0.2, 0.25) is 5.91 Å². The number of benzene rings is 1. The molecule has 0 saturated heterocycles. The Labute approximate surface area is 159 Å². The summed E-state index contributed by atoms with van der Waals surface area (Å²) in [6, 6.07) is 8.69. The molecule has 134 valence electrons. The first-order valence-electron chi connectivity index (χ1n) is 8.19. The van der Waals surface area contributed by atoms with Gasteiger partial charge < -0.3 is 10.1 Å². The van der Waals surface area contributed by atoms with Gasteiger partial charge in [0.05, 0.1) is 24.3 Å². The molecule has 3 rings (SSSR count). The SMILES string of the molecule is CCCOC(=O)c1ccc(NC(=O)Cc2csc(-c3ccsc3)n2)cc1. The van der Waals surface area contributed by atoms with E-state index in [2.05, 4.69) is 10.3 Å². The Hall–Kier alpha value is -2.51. The Balaban J connectivity index is 1.56. The second-order valence-corrected chi connectivity index (χ2v) is 7.23. The number of carbonyl (C=O) groups excluding carboxylic acids is 2. The maximum Gasteiger partial charge on any atom is 0.338 e. The summed E-state index contributed by atoms with van der Waals surface area (Å²) in [5, 5.41) is 9.68. The van der Waals surface area contributed by atoms with Crippen LogP contribution in [0.15, 0.2) is 46.5 Å². The first-order valence-corrected chi connectivity index (χ1v) is 10.0. The summed E-state index contributed by atoms with van der Waals surface area (Å²) < 4.78 is 5.08. The molecule has 7 heteroatoms. The van der Waals surface area contributed by atoms with Gasteiger partial charge in [-0.1, -0.05) is 6.92 Å². The van der Waals surface area contributed by atoms with E-state index in [0.29, 0.717) is 17.9 Å². The van der Waals surface area contributed by atoms with E-state index in [0.717, 1.165) is 22.7 Å². The van der Waals surface area contributed by atoms with E-state index in [1.54, 1.807) is 35.6 Å². The molecule has 1 aromatic carbocycles. The van der Waals surface area contributed by atoms with Crippen LogP contribution in [0.25, 0.3) is 10.6 Å². The zero-order valence-electron chi connectivity index (χ0n) is 14.2. The lowest BCUT2D eigenvalue weighted by atomic mass is 10.2. The molecule has 0 aliphatic rings. The number of hydrogen-bond acceptors (Lipinski definition) is 6. The van der Waals surface area contributed by atoms with Crippen LogP contribution < -0.4 is 5.32 Å². The van der Waals surface area contributed by atoms with Gasteiger partial charge in [-0.25, -0.2) is 9.78 Å². The average Bonchev–Trinajstić information content (AvgIpc) is 3.31. The molecule has 26 heavy (non-hydrogen) atoms. The Morgan fingerprint density at radius 2 is 1.96 bits per heavy atom. The van der Waals surface area contributed by atoms with Crippen molar-refractivity contribution in [3.05, 3.63) is 57.7 Å². The maximum absolute atomic E-state index is 12.2. The van der Waals surface area contributed by atoms with Gasteiger partial charge in [-0.3, -0.25) is 4.79 Å². The molecule has 0 saturated carbocycles. The van der Waals surface area contributed by atoms with Crippen LogP contribution in [0.4, 0.5) is 5.69 Å². The summed E-state index contributed by atoms with van der Waals surface area (Å²) in [6.07, 6.45) is 0.992. The van der Waals surface area contributed by atoms with Gasteiger partial charge in [-0.15, -0.1) is 11.3 Å². The van der Waals surface area contributed by atoms with Crippen LogP contribution in [0, 0.1) is 0 Å². The predicted octanol–water partition coefficient (Wildman–Crippen LogP) is 4.62. The van der Waals surface area contributed by atoms with Gasteiger partial charge in [-0.05, 0) is 42.1 Å². The van der Waals surface area contributed by atoms with Gasteiger partial charge in [0.1, 0.15) is 5.01 Å². The summed E-state index contributed by atoms with van der Waals surface area (Å²) >= 11 is 3.15. The summed E-state index contributed by atoms with van der Waals surface area (Å²) in [6.45, 7) is 2.34. The van der Waals surface area contributed by atoms with Crippen LogP contribution in [0.1, 0.15) is 29.4 Å². The summed E-state index contributed by atoms with van der Waals surface area (Å²) in [4.78, 5) is 28.5. The van der Waals surface area contributed by atoms with Crippen LogP contribution in [-0.2, 0) is 16.0 Å². The highest BCUT2D eigenvalue weighted by molar-refractivity contribution is 7.14. The highest BCUT2D eigenvalue weighted by atomic mass is 32.1. The number of thiophene rings is 1. The topological polar surface area (TPSA) is 68.3 Å². The third kappa shape index (κ3) is 4.77. The molecule has 2 aromatic heterocycles. The van der Waals surface area contributed by atoms with Gasteiger partial charge in [0.15, 0.2) is 0 Å². The highest BCUT2D eigenvalue weighted by Crippen LogP contribution is 2.25. The van der Waals surface area contributed by atoms with E-state index in [1.807, 2.05) is 29.1 Å². The summed E-state index contributed by atoms with van der Waals surface area (Å²) in [7, 11) is 0. The van der Waals surface area contributed by atoms with Crippen LogP contribution >= 0.6 is 22.7 Å². The van der Waals surface area contributed by atoms with Crippen molar-refractivity contribution < 1.29 is 14.3 Å². The van der Waals surface area contributed by atoms with Gasteiger partial charge >= 0.3 is 5.97 Å². The normalized spacial score (nSPS) is 10.5. The average molecular weight is 386 g/mol. The first-order chi connectivity index (χ1) is 12.7. The Bertz CT molecular complexity index is 871. The van der Waals surface area contributed by atoms with Crippen molar-refractivity contribution in [2.75, 3.05) is 11.9 Å². The fraction of sp³-hybridized carbons (Fsp3) is 0.211. The number of amides is 1. The third-order valence-corrected chi connectivity index (χ3v) is 5.13. The number of anilines is 1. The molecule has 0 fully saturated rings. The molecule has 0 aliphatic carbocycles. The number of nitrogens with one attached hydrogen (secondary N) is 1. The minimum Gasteiger partial charge on any atom is -0.462 e. The molecule has 1 amide bonds. The van der Waals surface area contributed by atoms with Crippen molar-refractivity contribution in [1.29, 1.82) is 0 Å². The number of nitrogens with zero attached hydrogens (tertiary/aromatic N) is 1. The number of carbonyl (C=O) groups is 2. The van der Waals surface area contributed by atoms with Crippen LogP contribution in [0.5, 0.6) is 0 Å². The number of thiazole rings is 1. The lowest BCUT2D eigenvalue weighted by molar-refractivity contribution is -0.115. The van der Waals surface area contributed by atoms with Gasteiger partial charge in [0.25, 0.3) is 0 Å². The van der Waals surface area contributed by atoms with E-state index in [1.165, 1.54) is 11.3 Å². The smallest absolute Gasteiger partial charge is 0.338 e. The summed E-state index contributed by atoms with van der Waals surface area (Å²) in [5.74, 6) is -0.498. The van der Waals surface area contributed by atoms with Crippen molar-refractivity contribution >= 4 is 40.2 Å². The largest absolute Gasteiger partial charge is 0.462 e. The molecule has 3 aromatic rings. The van der Waals surface area contributed by atoms with E-state index in [9.17, 15) is 9.59 Å². The first kappa shape index (κ1) is 18.3. The molecule has 0 bridgehead atoms. The second-order valence-electron chi connectivity index (χ2n) is 5.59. The Morgan fingerprint density at radius 1 is 1.15 bits per heavy atom. The van der Waals surface area contributed by atoms with E-state index in [4.69, 9.17) is 4.74 Å². The second kappa shape index (κ2) is 8.73. The predicted molar refractivity (Wildman–Crippen MR) is 105 cm³/mol. The number of ether oxygens (including phenoxy) is 1. The fourth-order valence-electron chi connectivity index (χ4n) is 2.24. The molecule has 0 radical (unpaired) electrons. The number of rotatable bonds is 7. The fourth-order valence-corrected chi connectivity index (χ4v) is 3.78. The zero-order chi connectivity index (χ0) is 18.4. The van der Waals surface area contributed by atoms with E-state index in [-0.39, 0.29) is 18.3 Å². The van der Waals surface area contributed by atoms with Crippen molar-refractivity contribution in [2.45, 2.75) is 19.8 Å². The molecule has 0 unspecified atom stereocenters. The molecule has 1 N–H and O–H groups in total. The molecular formula is C19H18N2O3S2. The third-order valence-electron chi connectivity index (χ3n) is 3.50. The highest BCUT2D eigenvalue weighted by Gasteiger charge is 2.11. The quantitative estimate of drug-likeness (QED) is 0.602. The Kier molecular flexibility index (Phi) is 6.14. The van der Waals surface area contributed by atoms with Crippen molar-refractivity contribution in [3.63, 3.8) is 0 Å². The van der Waals surface area contributed by atoms with Crippen molar-refractivity contribution in [2.24, 2.45) is 0 Å². The molecule has 0 spiro atoms. The van der Waals surface area contributed by atoms with Crippen LogP contribution in [-0.4, -0.2) is 23.5 Å². The minimum absolute atomic E-state index is 0.145. The maximum atomic E-state index is 12.2. The molecule has 2 heterocycles. The van der Waals surface area contributed by atoms with E-state index >= 15 is 0 Å². The summed E-state index contributed by atoms with van der Waals surface area (Å²) in [5.41, 5.74) is 2.93. The lowest BCUT2D eigenvalue weighted by Gasteiger charge is -2.06. The standard InChI is InChI=1S/C19H18N2O3S2/c1-2-8-24-19(23)13-3-5-15(6-4-13)20-17(22)10-16-12-26-18(21-16)14-7-9-25-11-14/h3-7,9,11-12H,2,8,10H2,1H3,(H,20,22). The molecular weight excluding hydrogens is 368 g/mol. The van der Waals surface area contributed by atoms with Crippen LogP contribution in [0.3, 0.4) is 0 Å². The Morgan fingerprint density at radius 3 is 2.65 bits per heavy atom. The molecule has 0 atom stereocenters. The molecule has 0 aliphatic heterocycles. The number of hydrogen-bond donors (Lipinski definition) is 1. The number of aromatic nitrogens is 1. The number of esters is 1.